The molecular weight excluding hydrogens is 208 g/mol. The van der Waals surface area contributed by atoms with Crippen LogP contribution in [0.15, 0.2) is 42.5 Å². The third kappa shape index (κ3) is 3.10. The van der Waals surface area contributed by atoms with E-state index < -0.39 is 18.2 Å². The number of aliphatic hydroxyl groups is 1. The molecule has 2 atom stereocenters. The first-order chi connectivity index (χ1) is 7.52. The molecular formula is C12H14O4. The van der Waals surface area contributed by atoms with Gasteiger partial charge in [-0.15, -0.1) is 0 Å². The zero-order valence-corrected chi connectivity index (χ0v) is 8.96. The van der Waals surface area contributed by atoms with E-state index in [1.807, 2.05) is 0 Å². The topological polar surface area (TPSA) is 66.8 Å². The van der Waals surface area contributed by atoms with E-state index in [2.05, 4.69) is 6.58 Å². The summed E-state index contributed by atoms with van der Waals surface area (Å²) in [6, 6.07) is 8.49. The highest BCUT2D eigenvalue weighted by Gasteiger charge is 2.29. The second kappa shape index (κ2) is 5.32. The number of carbonyl (C=O) groups is 1. The van der Waals surface area contributed by atoms with Crippen molar-refractivity contribution >= 4 is 5.97 Å². The van der Waals surface area contributed by atoms with Crippen LogP contribution in [-0.2, 0) is 4.79 Å². The van der Waals surface area contributed by atoms with Gasteiger partial charge in [0.1, 0.15) is 11.9 Å². The second-order valence-electron chi connectivity index (χ2n) is 3.48. The Morgan fingerprint density at radius 1 is 1.38 bits per heavy atom. The van der Waals surface area contributed by atoms with Crippen molar-refractivity contribution in [3.8, 4) is 5.75 Å². The molecule has 4 nitrogen and oxygen atoms in total. The number of hydrogen-bond acceptors (Lipinski definition) is 3. The minimum Gasteiger partial charge on any atom is -0.478 e. The Balaban J connectivity index is 2.81. The zero-order valence-electron chi connectivity index (χ0n) is 8.96. The molecule has 1 aromatic rings. The number of carboxylic acids is 1. The lowest BCUT2D eigenvalue weighted by atomic mass is 10.1. The van der Waals surface area contributed by atoms with E-state index in [4.69, 9.17) is 9.84 Å². The number of hydrogen-bond donors (Lipinski definition) is 2. The maximum atomic E-state index is 10.9. The van der Waals surface area contributed by atoms with Crippen molar-refractivity contribution in [1.82, 2.24) is 0 Å². The Morgan fingerprint density at radius 3 is 2.38 bits per heavy atom. The lowest BCUT2D eigenvalue weighted by Gasteiger charge is -2.20. The first-order valence-electron chi connectivity index (χ1n) is 4.80. The molecule has 1 aromatic carbocycles. The molecule has 0 amide bonds. The maximum absolute atomic E-state index is 10.9. The van der Waals surface area contributed by atoms with Crippen molar-refractivity contribution in [3.63, 3.8) is 0 Å². The smallest absolute Gasteiger partial charge is 0.348 e. The third-order valence-corrected chi connectivity index (χ3v) is 2.04. The summed E-state index contributed by atoms with van der Waals surface area (Å²) in [6.07, 6.45) is -2.56. The van der Waals surface area contributed by atoms with Crippen LogP contribution in [0.3, 0.4) is 0 Å². The summed E-state index contributed by atoms with van der Waals surface area (Å²) in [5.74, 6) is -0.824. The van der Waals surface area contributed by atoms with Crippen molar-refractivity contribution in [1.29, 1.82) is 0 Å². The monoisotopic (exact) mass is 222 g/mol. The van der Waals surface area contributed by atoms with E-state index >= 15 is 0 Å². The van der Waals surface area contributed by atoms with Crippen LogP contribution in [-0.4, -0.2) is 28.4 Å². The summed E-state index contributed by atoms with van der Waals surface area (Å²) < 4.78 is 5.19. The van der Waals surface area contributed by atoms with Crippen molar-refractivity contribution in [2.24, 2.45) is 0 Å². The number of para-hydroxylation sites is 1. The Kier molecular flexibility index (Phi) is 4.08. The minimum absolute atomic E-state index is 0.350. The van der Waals surface area contributed by atoms with Gasteiger partial charge in [-0.25, -0.2) is 4.79 Å². The summed E-state index contributed by atoms with van der Waals surface area (Å²) in [4.78, 5) is 10.9. The molecule has 16 heavy (non-hydrogen) atoms. The van der Waals surface area contributed by atoms with Gasteiger partial charge in [-0.3, -0.25) is 0 Å². The van der Waals surface area contributed by atoms with Gasteiger partial charge in [-0.1, -0.05) is 24.8 Å². The molecule has 0 saturated heterocycles. The Labute approximate surface area is 93.8 Å². The van der Waals surface area contributed by atoms with Gasteiger partial charge >= 0.3 is 5.97 Å². The predicted molar refractivity (Wildman–Crippen MR) is 59.3 cm³/mol. The van der Waals surface area contributed by atoms with Gasteiger partial charge in [-0.05, 0) is 24.6 Å². The molecule has 1 rings (SSSR count). The number of aliphatic carboxylic acids is 1. The van der Waals surface area contributed by atoms with Gasteiger partial charge in [0, 0.05) is 0 Å². The Morgan fingerprint density at radius 2 is 1.94 bits per heavy atom. The van der Waals surface area contributed by atoms with Crippen molar-refractivity contribution in [2.75, 3.05) is 0 Å². The molecule has 0 aliphatic heterocycles. The van der Waals surface area contributed by atoms with Crippen LogP contribution in [0, 0.1) is 0 Å². The van der Waals surface area contributed by atoms with Gasteiger partial charge in [0.15, 0.2) is 0 Å². The van der Waals surface area contributed by atoms with Gasteiger partial charge in [0.05, 0.1) is 0 Å². The summed E-state index contributed by atoms with van der Waals surface area (Å²) in [5.41, 5.74) is 0.350. The van der Waals surface area contributed by atoms with Crippen LogP contribution >= 0.6 is 0 Å². The van der Waals surface area contributed by atoms with E-state index in [1.54, 1.807) is 37.3 Å². The van der Waals surface area contributed by atoms with Crippen LogP contribution in [0.2, 0.25) is 0 Å². The first kappa shape index (κ1) is 12.3. The van der Waals surface area contributed by atoms with E-state index in [-0.39, 0.29) is 0 Å². The minimum atomic E-state index is -1.33. The molecule has 0 spiro atoms. The van der Waals surface area contributed by atoms with Crippen molar-refractivity contribution < 1.29 is 19.7 Å². The van der Waals surface area contributed by atoms with Crippen molar-refractivity contribution in [3.05, 3.63) is 42.5 Å². The fourth-order valence-corrected chi connectivity index (χ4v) is 1.15. The Bertz CT molecular complexity index is 372. The highest BCUT2D eigenvalue weighted by Crippen LogP contribution is 2.15. The molecule has 0 bridgehead atoms. The van der Waals surface area contributed by atoms with Gasteiger partial charge in [-0.2, -0.15) is 0 Å². The standard InChI is InChI=1S/C12H14O4/c1-8(2)10(13)11(12(14)15)16-9-6-4-3-5-7-9/h3-7,10-11,13H,1H2,2H3,(H,14,15)/t10-,11-/m1/s1. The predicted octanol–water partition coefficient (Wildman–Crippen LogP) is 1.46. The van der Waals surface area contributed by atoms with Crippen LogP contribution in [0.5, 0.6) is 5.75 Å². The molecule has 0 aliphatic carbocycles. The fourth-order valence-electron chi connectivity index (χ4n) is 1.15. The third-order valence-electron chi connectivity index (χ3n) is 2.04. The molecule has 86 valence electrons. The Hall–Kier alpha value is -1.81. The molecule has 0 aromatic heterocycles. The molecule has 0 saturated carbocycles. The van der Waals surface area contributed by atoms with E-state index in [9.17, 15) is 9.90 Å². The SMILES string of the molecule is C=C(C)[C@@H](O)[C@@H](Oc1ccccc1)C(=O)O. The highest BCUT2D eigenvalue weighted by atomic mass is 16.5. The largest absolute Gasteiger partial charge is 0.478 e. The van der Waals surface area contributed by atoms with Crippen molar-refractivity contribution in [2.45, 2.75) is 19.1 Å². The van der Waals surface area contributed by atoms with Gasteiger partial charge < -0.3 is 14.9 Å². The zero-order chi connectivity index (χ0) is 12.1. The average molecular weight is 222 g/mol. The molecule has 0 unspecified atom stereocenters. The van der Waals surface area contributed by atoms with E-state index in [0.717, 1.165) is 0 Å². The van der Waals surface area contributed by atoms with Crippen LogP contribution in [0.25, 0.3) is 0 Å². The molecule has 0 heterocycles. The van der Waals surface area contributed by atoms with E-state index in [1.165, 1.54) is 0 Å². The normalized spacial score (nSPS) is 13.9. The van der Waals surface area contributed by atoms with Crippen LogP contribution < -0.4 is 4.74 Å². The summed E-state index contributed by atoms with van der Waals surface area (Å²) in [5, 5.41) is 18.5. The lowest BCUT2D eigenvalue weighted by Crippen LogP contribution is -2.39. The van der Waals surface area contributed by atoms with Gasteiger partial charge in [0.2, 0.25) is 6.10 Å². The number of benzene rings is 1. The molecule has 0 aliphatic rings. The highest BCUT2D eigenvalue weighted by molar-refractivity contribution is 5.74. The first-order valence-corrected chi connectivity index (χ1v) is 4.80. The number of aliphatic hydroxyl groups excluding tert-OH is 1. The number of rotatable bonds is 5. The van der Waals surface area contributed by atoms with Crippen LogP contribution in [0.4, 0.5) is 0 Å². The number of carboxylic acid groups (broad SMARTS) is 1. The lowest BCUT2D eigenvalue weighted by molar-refractivity contribution is -0.149. The summed E-state index contributed by atoms with van der Waals surface area (Å²) in [6.45, 7) is 5.06. The molecule has 2 N–H and O–H groups in total. The number of ether oxygens (including phenoxy) is 1. The van der Waals surface area contributed by atoms with Crippen LogP contribution in [0.1, 0.15) is 6.92 Å². The summed E-state index contributed by atoms with van der Waals surface area (Å²) >= 11 is 0. The maximum Gasteiger partial charge on any atom is 0.348 e. The quantitative estimate of drug-likeness (QED) is 0.740. The second-order valence-corrected chi connectivity index (χ2v) is 3.48. The average Bonchev–Trinajstić information content (AvgIpc) is 2.26. The molecule has 4 heteroatoms. The molecule has 0 radical (unpaired) electrons. The fraction of sp³-hybridized carbons (Fsp3) is 0.250. The molecule has 0 fully saturated rings. The summed E-state index contributed by atoms with van der Waals surface area (Å²) in [7, 11) is 0. The van der Waals surface area contributed by atoms with Gasteiger partial charge in [0.25, 0.3) is 0 Å². The van der Waals surface area contributed by atoms with E-state index in [0.29, 0.717) is 11.3 Å².